The minimum absolute atomic E-state index is 0.0397. The molecule has 1 aromatic heterocycles. The minimum Gasteiger partial charge on any atom is -0.340 e. The Morgan fingerprint density at radius 3 is 2.56 bits per heavy atom. The molecule has 0 bridgehead atoms. The van der Waals surface area contributed by atoms with Gasteiger partial charge in [-0.05, 0) is 23.8 Å². The highest BCUT2D eigenvalue weighted by Gasteiger charge is 2.32. The first-order chi connectivity index (χ1) is 11.6. The normalized spacial score (nSPS) is 11.4. The number of hydrogen-bond donors (Lipinski definition) is 0. The maximum absolute atomic E-state index is 13.1. The Labute approximate surface area is 145 Å². The Hall–Kier alpha value is -2.35. The molecule has 0 unspecified atom stereocenters. The molecule has 0 aliphatic rings. The summed E-state index contributed by atoms with van der Waals surface area (Å²) in [6.07, 6.45) is -4.16. The van der Waals surface area contributed by atoms with Crippen molar-refractivity contribution in [3.05, 3.63) is 68.8 Å². The lowest BCUT2D eigenvalue weighted by atomic mass is 10.2. The summed E-state index contributed by atoms with van der Waals surface area (Å²) in [5.74, 6) is -1.10. The van der Waals surface area contributed by atoms with E-state index in [1.165, 1.54) is 30.1 Å². The molecule has 1 heterocycles. The van der Waals surface area contributed by atoms with E-state index in [1.807, 2.05) is 0 Å². The summed E-state index contributed by atoms with van der Waals surface area (Å²) in [5.41, 5.74) is -1.52. The smallest absolute Gasteiger partial charge is 0.340 e. The molecule has 1 amide bonds. The van der Waals surface area contributed by atoms with E-state index in [1.54, 1.807) is 6.07 Å². The van der Waals surface area contributed by atoms with Crippen LogP contribution in [0.1, 0.15) is 11.1 Å². The van der Waals surface area contributed by atoms with Crippen LogP contribution in [0.3, 0.4) is 0 Å². The number of carbonyl (C=O) groups excluding carboxylic acids is 1. The standard InChI is InChI=1S/C16H13ClF4N2O2/c1-22(7-10-3-2-4-12(18)5-10)14(24)9-23-8-11(16(19,20)21)6-13(17)15(23)25/h2-6,8H,7,9H2,1H3. The molecule has 0 fully saturated rings. The minimum atomic E-state index is -4.70. The van der Waals surface area contributed by atoms with Gasteiger partial charge in [0.2, 0.25) is 5.91 Å². The molecule has 1 aromatic carbocycles. The number of amides is 1. The molecule has 0 spiro atoms. The van der Waals surface area contributed by atoms with E-state index in [0.717, 1.165) is 0 Å². The lowest BCUT2D eigenvalue weighted by molar-refractivity contribution is -0.138. The van der Waals surface area contributed by atoms with Gasteiger partial charge in [0.15, 0.2) is 0 Å². The number of benzene rings is 1. The largest absolute Gasteiger partial charge is 0.417 e. The van der Waals surface area contributed by atoms with Crippen molar-refractivity contribution in [2.24, 2.45) is 0 Å². The number of halogens is 5. The second-order valence-electron chi connectivity index (χ2n) is 5.39. The predicted octanol–water partition coefficient (Wildman–Crippen LogP) is 3.32. The second kappa shape index (κ2) is 7.26. The molecule has 0 N–H and O–H groups in total. The fourth-order valence-electron chi connectivity index (χ4n) is 2.14. The van der Waals surface area contributed by atoms with Gasteiger partial charge in [0.1, 0.15) is 17.4 Å². The molecule has 0 aliphatic carbocycles. The van der Waals surface area contributed by atoms with Crippen LogP contribution in [0.2, 0.25) is 5.02 Å². The van der Waals surface area contributed by atoms with E-state index in [2.05, 4.69) is 0 Å². The van der Waals surface area contributed by atoms with Gasteiger partial charge in [-0.2, -0.15) is 13.2 Å². The zero-order valence-corrected chi connectivity index (χ0v) is 13.7. The van der Waals surface area contributed by atoms with Crippen molar-refractivity contribution in [1.82, 2.24) is 9.47 Å². The number of carbonyl (C=O) groups is 1. The lowest BCUT2D eigenvalue weighted by Crippen LogP contribution is -2.34. The van der Waals surface area contributed by atoms with Gasteiger partial charge in [0, 0.05) is 19.8 Å². The average Bonchev–Trinajstić information content (AvgIpc) is 2.50. The first-order valence-electron chi connectivity index (χ1n) is 7.03. The van der Waals surface area contributed by atoms with Crippen molar-refractivity contribution < 1.29 is 22.4 Å². The van der Waals surface area contributed by atoms with E-state index in [9.17, 15) is 27.2 Å². The quantitative estimate of drug-likeness (QED) is 0.768. The van der Waals surface area contributed by atoms with Gasteiger partial charge in [-0.25, -0.2) is 4.39 Å². The Bertz CT molecular complexity index is 849. The van der Waals surface area contributed by atoms with E-state index in [0.29, 0.717) is 22.4 Å². The molecule has 9 heteroatoms. The zero-order valence-electron chi connectivity index (χ0n) is 13.0. The summed E-state index contributed by atoms with van der Waals surface area (Å²) in [4.78, 5) is 25.2. The Balaban J connectivity index is 2.19. The fourth-order valence-corrected chi connectivity index (χ4v) is 2.36. The third-order valence-electron chi connectivity index (χ3n) is 3.41. The van der Waals surface area contributed by atoms with Crippen LogP contribution in [0.25, 0.3) is 0 Å². The van der Waals surface area contributed by atoms with Gasteiger partial charge in [0.05, 0.1) is 5.56 Å². The summed E-state index contributed by atoms with van der Waals surface area (Å²) in [6, 6.07) is 6.06. The number of hydrogen-bond acceptors (Lipinski definition) is 2. The topological polar surface area (TPSA) is 42.3 Å². The molecule has 0 saturated heterocycles. The Morgan fingerprint density at radius 2 is 1.96 bits per heavy atom. The van der Waals surface area contributed by atoms with Crippen molar-refractivity contribution in [1.29, 1.82) is 0 Å². The number of likely N-dealkylation sites (N-methyl/N-ethyl adjacent to an activating group) is 1. The van der Waals surface area contributed by atoms with Gasteiger partial charge >= 0.3 is 6.18 Å². The molecule has 2 aromatic rings. The Kier molecular flexibility index (Phi) is 5.52. The fraction of sp³-hybridized carbons (Fsp3) is 0.250. The van der Waals surface area contributed by atoms with Crippen molar-refractivity contribution in [2.75, 3.05) is 7.05 Å². The second-order valence-corrected chi connectivity index (χ2v) is 5.79. The van der Waals surface area contributed by atoms with Gasteiger partial charge in [-0.15, -0.1) is 0 Å². The Morgan fingerprint density at radius 1 is 1.28 bits per heavy atom. The van der Waals surface area contributed by atoms with E-state index < -0.39 is 40.6 Å². The number of pyridine rings is 1. The summed E-state index contributed by atoms with van der Waals surface area (Å²) < 4.78 is 52.1. The van der Waals surface area contributed by atoms with E-state index in [4.69, 9.17) is 11.6 Å². The van der Waals surface area contributed by atoms with Crippen LogP contribution in [-0.2, 0) is 24.1 Å². The van der Waals surface area contributed by atoms with Crippen LogP contribution in [0.4, 0.5) is 17.6 Å². The van der Waals surface area contributed by atoms with Gasteiger partial charge < -0.3 is 9.47 Å². The number of alkyl halides is 3. The third kappa shape index (κ3) is 4.82. The van der Waals surface area contributed by atoms with Gasteiger partial charge in [0.25, 0.3) is 5.56 Å². The van der Waals surface area contributed by atoms with Crippen LogP contribution in [0.5, 0.6) is 0 Å². The van der Waals surface area contributed by atoms with Crippen LogP contribution in [-0.4, -0.2) is 22.4 Å². The zero-order chi connectivity index (χ0) is 18.8. The van der Waals surface area contributed by atoms with Crippen LogP contribution in [0, 0.1) is 5.82 Å². The maximum Gasteiger partial charge on any atom is 0.417 e. The number of nitrogens with zero attached hydrogens (tertiary/aromatic N) is 2. The van der Waals surface area contributed by atoms with Crippen molar-refractivity contribution >= 4 is 17.5 Å². The average molecular weight is 377 g/mol. The summed E-state index contributed by atoms with van der Waals surface area (Å²) in [6.45, 7) is -0.577. The number of aromatic nitrogens is 1. The molecule has 4 nitrogen and oxygen atoms in total. The lowest BCUT2D eigenvalue weighted by Gasteiger charge is -2.19. The molecule has 0 saturated carbocycles. The molecule has 134 valence electrons. The van der Waals surface area contributed by atoms with E-state index >= 15 is 0 Å². The molecule has 0 aliphatic heterocycles. The SMILES string of the molecule is CN(Cc1cccc(F)c1)C(=O)Cn1cc(C(F)(F)F)cc(Cl)c1=O. The molecular formula is C16H13ClF4N2O2. The molecule has 0 atom stereocenters. The molecule has 0 radical (unpaired) electrons. The predicted molar refractivity (Wildman–Crippen MR) is 83.6 cm³/mol. The number of rotatable bonds is 4. The van der Waals surface area contributed by atoms with Gasteiger partial charge in [-0.3, -0.25) is 9.59 Å². The van der Waals surface area contributed by atoms with E-state index in [-0.39, 0.29) is 6.54 Å². The maximum atomic E-state index is 13.1. The molecule has 25 heavy (non-hydrogen) atoms. The van der Waals surface area contributed by atoms with Gasteiger partial charge in [-0.1, -0.05) is 23.7 Å². The van der Waals surface area contributed by atoms with Crippen LogP contribution in [0.15, 0.2) is 41.3 Å². The van der Waals surface area contributed by atoms with Crippen molar-refractivity contribution in [2.45, 2.75) is 19.3 Å². The monoisotopic (exact) mass is 376 g/mol. The van der Waals surface area contributed by atoms with Crippen molar-refractivity contribution in [3.8, 4) is 0 Å². The first kappa shape index (κ1) is 19.0. The summed E-state index contributed by atoms with van der Waals surface area (Å²) in [7, 11) is 1.40. The molecule has 2 rings (SSSR count). The first-order valence-corrected chi connectivity index (χ1v) is 7.41. The van der Waals surface area contributed by atoms with Crippen molar-refractivity contribution in [3.63, 3.8) is 0 Å². The highest BCUT2D eigenvalue weighted by molar-refractivity contribution is 6.30. The highest BCUT2D eigenvalue weighted by atomic mass is 35.5. The van der Waals surface area contributed by atoms with Crippen LogP contribution < -0.4 is 5.56 Å². The highest BCUT2D eigenvalue weighted by Crippen LogP contribution is 2.29. The van der Waals surface area contributed by atoms with Crippen LogP contribution >= 0.6 is 11.6 Å². The third-order valence-corrected chi connectivity index (χ3v) is 3.68. The summed E-state index contributed by atoms with van der Waals surface area (Å²) in [5, 5.41) is -0.629. The molecular weight excluding hydrogens is 364 g/mol. The summed E-state index contributed by atoms with van der Waals surface area (Å²) >= 11 is 5.54.